The minimum absolute atomic E-state index is 0.272. The predicted octanol–water partition coefficient (Wildman–Crippen LogP) is 4.42. The third-order valence-corrected chi connectivity index (χ3v) is 6.35. The standard InChI is InChI=1S/C15H24/c1-10-5-6-13-12(10)9-11-7-8-15(13,4)14(11,2)3/h11-13H,1,5-9H2,2-4H3/t11-,12+,13-,15+/m1/s1/i12D. The van der Waals surface area contributed by atoms with E-state index in [1.807, 2.05) is 0 Å². The molecule has 0 heteroatoms. The van der Waals surface area contributed by atoms with E-state index in [0.717, 1.165) is 18.8 Å². The molecular weight excluding hydrogens is 180 g/mol. The lowest BCUT2D eigenvalue weighted by atomic mass is 9.52. The average Bonchev–Trinajstić information content (AvgIpc) is 2.53. The first-order valence-electron chi connectivity index (χ1n) is 7.00. The molecule has 0 N–H and O–H groups in total. The van der Waals surface area contributed by atoms with Crippen molar-refractivity contribution in [3.05, 3.63) is 12.2 Å². The number of allylic oxidation sites excluding steroid dienone is 1. The van der Waals surface area contributed by atoms with Crippen LogP contribution in [0.3, 0.4) is 0 Å². The number of fused-ring (bicyclic) bond motifs is 4. The van der Waals surface area contributed by atoms with E-state index in [2.05, 4.69) is 27.4 Å². The molecule has 15 heavy (non-hydrogen) atoms. The smallest absolute Gasteiger partial charge is 0.0352 e. The molecule has 0 spiro atoms. The van der Waals surface area contributed by atoms with Crippen molar-refractivity contribution in [2.75, 3.05) is 0 Å². The van der Waals surface area contributed by atoms with Gasteiger partial charge in [0.25, 0.3) is 0 Å². The summed E-state index contributed by atoms with van der Waals surface area (Å²) in [6.45, 7) is 11.6. The van der Waals surface area contributed by atoms with Crippen LogP contribution in [0.2, 0.25) is 0 Å². The van der Waals surface area contributed by atoms with Crippen molar-refractivity contribution in [1.29, 1.82) is 0 Å². The molecule has 0 aromatic carbocycles. The molecule has 3 aliphatic carbocycles. The highest BCUT2D eigenvalue weighted by Crippen LogP contribution is 2.70. The first-order valence-corrected chi connectivity index (χ1v) is 6.50. The average molecular weight is 205 g/mol. The monoisotopic (exact) mass is 205 g/mol. The van der Waals surface area contributed by atoms with Gasteiger partial charge in [0.05, 0.1) is 0 Å². The van der Waals surface area contributed by atoms with Gasteiger partial charge in [0.15, 0.2) is 0 Å². The van der Waals surface area contributed by atoms with E-state index in [0.29, 0.717) is 16.7 Å². The van der Waals surface area contributed by atoms with Gasteiger partial charge in [-0.15, -0.1) is 0 Å². The fourth-order valence-corrected chi connectivity index (χ4v) is 4.76. The third-order valence-electron chi connectivity index (χ3n) is 6.35. The molecule has 0 amide bonds. The van der Waals surface area contributed by atoms with Crippen LogP contribution in [0.5, 0.6) is 0 Å². The van der Waals surface area contributed by atoms with Crippen molar-refractivity contribution in [2.24, 2.45) is 28.6 Å². The SMILES string of the molecule is [2H][C@@]12C[C@H]3CC[C@@](C)([C@@H]1CCC2=C)C3(C)C. The molecule has 0 saturated heterocycles. The molecule has 0 aromatic rings. The lowest BCUT2D eigenvalue weighted by Crippen LogP contribution is -2.46. The maximum Gasteiger partial charge on any atom is 0.0352 e. The second kappa shape index (κ2) is 2.70. The summed E-state index contributed by atoms with van der Waals surface area (Å²) in [5.74, 6) is 1.05. The van der Waals surface area contributed by atoms with Crippen LogP contribution in [0.15, 0.2) is 12.2 Å². The second-order valence-electron chi connectivity index (χ2n) is 6.80. The van der Waals surface area contributed by atoms with Crippen LogP contribution in [0, 0.1) is 28.6 Å². The Morgan fingerprint density at radius 3 is 2.80 bits per heavy atom. The van der Waals surface area contributed by atoms with Crippen LogP contribution in [-0.2, 0) is 0 Å². The lowest BCUT2D eigenvalue weighted by molar-refractivity contribution is -0.0353. The van der Waals surface area contributed by atoms with E-state index >= 15 is 0 Å². The first-order chi connectivity index (χ1) is 7.32. The van der Waals surface area contributed by atoms with Gasteiger partial charge >= 0.3 is 0 Å². The Morgan fingerprint density at radius 2 is 2.07 bits per heavy atom. The van der Waals surface area contributed by atoms with Gasteiger partial charge in [-0.3, -0.25) is 0 Å². The largest absolute Gasteiger partial charge is 0.0996 e. The molecule has 2 bridgehead atoms. The molecule has 0 radical (unpaired) electrons. The van der Waals surface area contributed by atoms with Crippen molar-refractivity contribution < 1.29 is 1.37 Å². The number of hydrogen-bond acceptors (Lipinski definition) is 0. The normalized spacial score (nSPS) is 57.8. The Balaban J connectivity index is 2.11. The van der Waals surface area contributed by atoms with Crippen molar-refractivity contribution in [3.8, 4) is 0 Å². The summed E-state index contributed by atoms with van der Waals surface area (Å²) >= 11 is 0. The van der Waals surface area contributed by atoms with Gasteiger partial charge in [0, 0.05) is 1.37 Å². The van der Waals surface area contributed by atoms with Crippen molar-refractivity contribution in [2.45, 2.75) is 52.9 Å². The molecule has 3 aliphatic rings. The lowest BCUT2D eigenvalue weighted by Gasteiger charge is -2.53. The fraction of sp³-hybridized carbons (Fsp3) is 0.867. The van der Waals surface area contributed by atoms with Crippen molar-refractivity contribution in [3.63, 3.8) is 0 Å². The minimum Gasteiger partial charge on any atom is -0.0996 e. The Bertz CT molecular complexity index is 356. The maximum absolute atomic E-state index is 8.85. The third kappa shape index (κ3) is 0.990. The van der Waals surface area contributed by atoms with Gasteiger partial charge < -0.3 is 0 Å². The van der Waals surface area contributed by atoms with Crippen LogP contribution >= 0.6 is 0 Å². The first kappa shape index (κ1) is 8.84. The molecule has 0 aromatic heterocycles. The zero-order valence-electron chi connectivity index (χ0n) is 11.4. The van der Waals surface area contributed by atoms with Crippen LogP contribution in [0.25, 0.3) is 0 Å². The molecule has 84 valence electrons. The van der Waals surface area contributed by atoms with Crippen molar-refractivity contribution in [1.82, 2.24) is 0 Å². The van der Waals surface area contributed by atoms with E-state index in [1.165, 1.54) is 24.8 Å². The second-order valence-corrected chi connectivity index (χ2v) is 6.80. The zero-order valence-corrected chi connectivity index (χ0v) is 10.4. The Labute approximate surface area is 95.5 Å². The van der Waals surface area contributed by atoms with Crippen molar-refractivity contribution >= 4 is 0 Å². The van der Waals surface area contributed by atoms with E-state index in [1.54, 1.807) is 0 Å². The van der Waals surface area contributed by atoms with Gasteiger partial charge in [-0.25, -0.2) is 0 Å². The minimum atomic E-state index is -0.272. The number of hydrogen-bond donors (Lipinski definition) is 0. The van der Waals surface area contributed by atoms with Gasteiger partial charge in [0.2, 0.25) is 0 Å². The van der Waals surface area contributed by atoms with Crippen LogP contribution in [0.4, 0.5) is 0 Å². The zero-order chi connectivity index (χ0) is 11.8. The van der Waals surface area contributed by atoms with E-state index in [-0.39, 0.29) is 5.89 Å². The summed E-state index contributed by atoms with van der Waals surface area (Å²) < 4.78 is 8.85. The van der Waals surface area contributed by atoms with Crippen LogP contribution < -0.4 is 0 Å². The number of rotatable bonds is 0. The summed E-state index contributed by atoms with van der Waals surface area (Å²) in [4.78, 5) is 0. The molecule has 0 heterocycles. The molecule has 0 nitrogen and oxygen atoms in total. The summed E-state index contributed by atoms with van der Waals surface area (Å²) in [7, 11) is 0. The molecule has 4 atom stereocenters. The molecule has 3 saturated carbocycles. The van der Waals surface area contributed by atoms with Crippen LogP contribution in [0.1, 0.15) is 54.2 Å². The highest BCUT2D eigenvalue weighted by Gasteiger charge is 2.61. The van der Waals surface area contributed by atoms with E-state index in [4.69, 9.17) is 1.37 Å². The molecule has 0 aliphatic heterocycles. The Morgan fingerprint density at radius 1 is 1.33 bits per heavy atom. The van der Waals surface area contributed by atoms with Gasteiger partial charge in [0.1, 0.15) is 0 Å². The topological polar surface area (TPSA) is 0 Å². The molecule has 3 rings (SSSR count). The fourth-order valence-electron chi connectivity index (χ4n) is 4.76. The van der Waals surface area contributed by atoms with Gasteiger partial charge in [-0.2, -0.15) is 0 Å². The summed E-state index contributed by atoms with van der Waals surface area (Å²) in [6.07, 6.45) is 6.08. The summed E-state index contributed by atoms with van der Waals surface area (Å²) in [6, 6.07) is 0. The quantitative estimate of drug-likeness (QED) is 0.514. The summed E-state index contributed by atoms with van der Waals surface area (Å²) in [5, 5.41) is 0. The van der Waals surface area contributed by atoms with E-state index in [9.17, 15) is 0 Å². The molecule has 0 unspecified atom stereocenters. The summed E-state index contributed by atoms with van der Waals surface area (Å²) in [5.41, 5.74) is 2.05. The highest BCUT2D eigenvalue weighted by molar-refractivity contribution is 5.20. The van der Waals surface area contributed by atoms with E-state index < -0.39 is 0 Å². The molecule has 3 fully saturated rings. The maximum atomic E-state index is 8.85. The highest BCUT2D eigenvalue weighted by atomic mass is 14.7. The Kier molecular flexibility index (Phi) is 1.59. The van der Waals surface area contributed by atoms with Crippen LogP contribution in [-0.4, -0.2) is 0 Å². The van der Waals surface area contributed by atoms with Gasteiger partial charge in [-0.1, -0.05) is 32.9 Å². The van der Waals surface area contributed by atoms with Gasteiger partial charge in [-0.05, 0) is 60.7 Å². The molecular formula is C15H24. The Hall–Kier alpha value is -0.260. The predicted molar refractivity (Wildman–Crippen MR) is 64.6 cm³/mol.